The van der Waals surface area contributed by atoms with E-state index in [9.17, 15) is 9.59 Å². The topological polar surface area (TPSA) is 64.6 Å². The number of alkyl carbamates (subject to hydrolysis) is 1. The highest BCUT2D eigenvalue weighted by atomic mass is 79.9. The van der Waals surface area contributed by atoms with Crippen molar-refractivity contribution in [1.82, 2.24) is 5.32 Å². The van der Waals surface area contributed by atoms with Gasteiger partial charge in [-0.15, -0.1) is 0 Å². The summed E-state index contributed by atoms with van der Waals surface area (Å²) in [6, 6.07) is -0.600. The Morgan fingerprint density at radius 2 is 2.25 bits per heavy atom. The Labute approximate surface area is 103 Å². The Balaban J connectivity index is 2.43. The Bertz CT molecular complexity index is 287. The number of rotatable bonds is 2. The van der Waals surface area contributed by atoms with Crippen LogP contribution in [0, 0.1) is 0 Å². The Hall–Kier alpha value is -0.780. The first-order chi connectivity index (χ1) is 7.31. The quantitative estimate of drug-likeness (QED) is 0.620. The van der Waals surface area contributed by atoms with Gasteiger partial charge in [0, 0.05) is 11.8 Å². The van der Waals surface area contributed by atoms with Crippen molar-refractivity contribution in [3.63, 3.8) is 0 Å². The van der Waals surface area contributed by atoms with Gasteiger partial charge in [0.05, 0.1) is 0 Å². The Morgan fingerprint density at radius 1 is 1.62 bits per heavy atom. The zero-order valence-electron chi connectivity index (χ0n) is 9.58. The molecule has 1 heterocycles. The fourth-order valence-corrected chi connectivity index (χ4v) is 1.71. The molecule has 0 radical (unpaired) electrons. The van der Waals surface area contributed by atoms with Crippen LogP contribution in [-0.2, 0) is 14.3 Å². The molecule has 0 bridgehead atoms. The lowest BCUT2D eigenvalue weighted by Gasteiger charge is -2.20. The van der Waals surface area contributed by atoms with Crippen LogP contribution in [-0.4, -0.2) is 35.1 Å². The van der Waals surface area contributed by atoms with E-state index in [0.717, 1.165) is 0 Å². The maximum Gasteiger partial charge on any atom is 0.408 e. The van der Waals surface area contributed by atoms with Gasteiger partial charge in [-0.25, -0.2) is 9.59 Å². The van der Waals surface area contributed by atoms with Crippen molar-refractivity contribution in [2.75, 3.05) is 5.33 Å². The van der Waals surface area contributed by atoms with Crippen LogP contribution < -0.4 is 5.32 Å². The van der Waals surface area contributed by atoms with Crippen molar-refractivity contribution in [2.45, 2.75) is 44.9 Å². The Kier molecular flexibility index (Phi) is 4.18. The molecule has 0 aliphatic carbocycles. The van der Waals surface area contributed by atoms with Gasteiger partial charge in [-0.3, -0.25) is 0 Å². The highest BCUT2D eigenvalue weighted by Crippen LogP contribution is 2.17. The summed E-state index contributed by atoms with van der Waals surface area (Å²) < 4.78 is 10.0. The van der Waals surface area contributed by atoms with E-state index in [1.54, 1.807) is 20.8 Å². The summed E-state index contributed by atoms with van der Waals surface area (Å²) >= 11 is 3.23. The minimum absolute atomic E-state index is 0.174. The summed E-state index contributed by atoms with van der Waals surface area (Å²) in [5.74, 6) is -0.407. The highest BCUT2D eigenvalue weighted by Gasteiger charge is 2.35. The molecule has 0 spiro atoms. The molecular weight excluding hydrogens is 278 g/mol. The van der Waals surface area contributed by atoms with Gasteiger partial charge in [0.2, 0.25) is 0 Å². The fourth-order valence-electron chi connectivity index (χ4n) is 1.32. The number of carbonyl (C=O) groups is 2. The first-order valence-electron chi connectivity index (χ1n) is 5.08. The number of esters is 1. The molecule has 2 unspecified atom stereocenters. The van der Waals surface area contributed by atoms with Crippen molar-refractivity contribution in [1.29, 1.82) is 0 Å². The summed E-state index contributed by atoms with van der Waals surface area (Å²) in [7, 11) is 0. The SMILES string of the molecule is CC(C)(C)OC(=O)NC1CC(CBr)OC1=O. The number of ether oxygens (including phenoxy) is 2. The minimum atomic E-state index is -0.600. The summed E-state index contributed by atoms with van der Waals surface area (Å²) in [5.41, 5.74) is -0.568. The van der Waals surface area contributed by atoms with Crippen LogP contribution in [0.2, 0.25) is 0 Å². The summed E-state index contributed by atoms with van der Waals surface area (Å²) in [5, 5.41) is 3.07. The van der Waals surface area contributed by atoms with Crippen LogP contribution in [0.3, 0.4) is 0 Å². The van der Waals surface area contributed by atoms with E-state index >= 15 is 0 Å². The van der Waals surface area contributed by atoms with Crippen LogP contribution in [0.1, 0.15) is 27.2 Å². The molecule has 0 saturated carbocycles. The number of hydrogen-bond acceptors (Lipinski definition) is 4. The van der Waals surface area contributed by atoms with Gasteiger partial charge in [0.25, 0.3) is 0 Å². The second kappa shape index (κ2) is 5.03. The molecule has 0 aromatic rings. The molecule has 1 aliphatic heterocycles. The Morgan fingerprint density at radius 3 is 2.69 bits per heavy atom. The molecular formula is C10H16BrNO4. The van der Waals surface area contributed by atoms with E-state index in [1.165, 1.54) is 0 Å². The molecule has 2 atom stereocenters. The van der Waals surface area contributed by atoms with E-state index < -0.39 is 23.7 Å². The van der Waals surface area contributed by atoms with Crippen LogP contribution >= 0.6 is 15.9 Å². The molecule has 1 saturated heterocycles. The van der Waals surface area contributed by atoms with Crippen molar-refractivity contribution < 1.29 is 19.1 Å². The summed E-state index contributed by atoms with van der Waals surface area (Å²) in [6.45, 7) is 5.29. The lowest BCUT2D eigenvalue weighted by molar-refractivity contribution is -0.142. The third-order valence-corrected chi connectivity index (χ3v) is 2.65. The van der Waals surface area contributed by atoms with E-state index in [4.69, 9.17) is 9.47 Å². The van der Waals surface area contributed by atoms with Gasteiger partial charge in [-0.1, -0.05) is 15.9 Å². The first kappa shape index (κ1) is 13.3. The average Bonchev–Trinajstić information content (AvgIpc) is 2.44. The number of hydrogen-bond donors (Lipinski definition) is 1. The van der Waals surface area contributed by atoms with Crippen molar-refractivity contribution in [3.8, 4) is 0 Å². The third kappa shape index (κ3) is 4.00. The average molecular weight is 294 g/mol. The minimum Gasteiger partial charge on any atom is -0.460 e. The van der Waals surface area contributed by atoms with E-state index in [-0.39, 0.29) is 6.10 Å². The molecule has 0 aromatic heterocycles. The molecule has 1 amide bonds. The van der Waals surface area contributed by atoms with Crippen molar-refractivity contribution in [3.05, 3.63) is 0 Å². The predicted molar refractivity (Wildman–Crippen MR) is 61.4 cm³/mol. The van der Waals surface area contributed by atoms with Crippen LogP contribution in [0.15, 0.2) is 0 Å². The van der Waals surface area contributed by atoms with Crippen LogP contribution in [0.4, 0.5) is 4.79 Å². The smallest absolute Gasteiger partial charge is 0.408 e. The molecule has 0 aromatic carbocycles. The maximum atomic E-state index is 11.4. The van der Waals surface area contributed by atoms with E-state index in [1.807, 2.05) is 0 Å². The maximum absolute atomic E-state index is 11.4. The molecule has 5 nitrogen and oxygen atoms in total. The van der Waals surface area contributed by atoms with Crippen LogP contribution in [0.25, 0.3) is 0 Å². The van der Waals surface area contributed by atoms with E-state index in [2.05, 4.69) is 21.2 Å². The van der Waals surface area contributed by atoms with Crippen LogP contribution in [0.5, 0.6) is 0 Å². The molecule has 1 N–H and O–H groups in total. The zero-order valence-corrected chi connectivity index (χ0v) is 11.2. The lowest BCUT2D eigenvalue weighted by Crippen LogP contribution is -2.41. The number of amides is 1. The van der Waals surface area contributed by atoms with Gasteiger partial charge >= 0.3 is 12.1 Å². The predicted octanol–water partition coefficient (Wildman–Crippen LogP) is 1.59. The van der Waals surface area contributed by atoms with E-state index in [0.29, 0.717) is 11.8 Å². The molecule has 92 valence electrons. The van der Waals surface area contributed by atoms with Crippen molar-refractivity contribution >= 4 is 28.0 Å². The third-order valence-electron chi connectivity index (χ3n) is 1.93. The van der Waals surface area contributed by atoms with Gasteiger partial charge in [0.15, 0.2) is 0 Å². The zero-order chi connectivity index (χ0) is 12.3. The summed E-state index contributed by atoms with van der Waals surface area (Å²) in [6.07, 6.45) is -0.291. The second-order valence-corrected chi connectivity index (χ2v) is 5.30. The number of halogens is 1. The number of alkyl halides is 1. The molecule has 1 aliphatic rings. The largest absolute Gasteiger partial charge is 0.460 e. The monoisotopic (exact) mass is 293 g/mol. The fraction of sp³-hybridized carbons (Fsp3) is 0.800. The molecule has 6 heteroatoms. The molecule has 1 fully saturated rings. The normalized spacial score (nSPS) is 25.1. The van der Waals surface area contributed by atoms with Gasteiger partial charge in [0.1, 0.15) is 17.7 Å². The lowest BCUT2D eigenvalue weighted by atomic mass is 10.2. The molecule has 1 rings (SSSR count). The summed E-state index contributed by atoms with van der Waals surface area (Å²) in [4.78, 5) is 22.7. The van der Waals surface area contributed by atoms with Gasteiger partial charge in [-0.2, -0.15) is 0 Å². The highest BCUT2D eigenvalue weighted by molar-refractivity contribution is 9.09. The number of cyclic esters (lactones) is 1. The van der Waals surface area contributed by atoms with Gasteiger partial charge < -0.3 is 14.8 Å². The molecule has 16 heavy (non-hydrogen) atoms. The second-order valence-electron chi connectivity index (χ2n) is 4.65. The van der Waals surface area contributed by atoms with Crippen molar-refractivity contribution in [2.24, 2.45) is 0 Å². The number of nitrogens with one attached hydrogen (secondary N) is 1. The van der Waals surface area contributed by atoms with Gasteiger partial charge in [-0.05, 0) is 20.8 Å². The standard InChI is InChI=1S/C10H16BrNO4/c1-10(2,3)16-9(14)12-7-4-6(5-11)15-8(7)13/h6-7H,4-5H2,1-3H3,(H,12,14). The number of carbonyl (C=O) groups excluding carboxylic acids is 2. The first-order valence-corrected chi connectivity index (χ1v) is 6.20.